The predicted octanol–water partition coefficient (Wildman–Crippen LogP) is 3.91. The van der Waals surface area contributed by atoms with Gasteiger partial charge in [0, 0.05) is 23.8 Å². The first kappa shape index (κ1) is 16.8. The Bertz CT molecular complexity index is 695. The molecule has 24 heavy (non-hydrogen) atoms. The van der Waals surface area contributed by atoms with E-state index in [-0.39, 0.29) is 11.6 Å². The smallest absolute Gasteiger partial charge is 0.335 e. The predicted molar refractivity (Wildman–Crippen MR) is 91.7 cm³/mol. The van der Waals surface area contributed by atoms with Crippen LogP contribution < -0.4 is 0 Å². The van der Waals surface area contributed by atoms with E-state index in [0.717, 1.165) is 18.4 Å². The zero-order valence-corrected chi connectivity index (χ0v) is 14.6. The normalized spacial score (nSPS) is 21.5. The van der Waals surface area contributed by atoms with Crippen molar-refractivity contribution in [1.82, 2.24) is 9.80 Å². The molecule has 1 fully saturated rings. The van der Waals surface area contributed by atoms with Crippen molar-refractivity contribution in [3.8, 4) is 0 Å². The van der Waals surface area contributed by atoms with Crippen molar-refractivity contribution in [3.63, 3.8) is 0 Å². The summed E-state index contributed by atoms with van der Waals surface area (Å²) in [5.74, 6) is -0.496. The van der Waals surface area contributed by atoms with Gasteiger partial charge in [0.15, 0.2) is 0 Å². The molecule has 5 nitrogen and oxygen atoms in total. The van der Waals surface area contributed by atoms with E-state index in [1.54, 1.807) is 41.0 Å². The molecule has 1 saturated carbocycles. The zero-order valence-electron chi connectivity index (χ0n) is 13.8. The number of hydrogen-bond donors (Lipinski definition) is 1. The lowest BCUT2D eigenvalue weighted by Crippen LogP contribution is -2.51. The van der Waals surface area contributed by atoms with Crippen molar-refractivity contribution in [3.05, 3.63) is 46.1 Å². The summed E-state index contributed by atoms with van der Waals surface area (Å²) in [5, 5.41) is 10.4. The van der Waals surface area contributed by atoms with Gasteiger partial charge in [0.25, 0.3) is 0 Å². The fraction of sp³-hybridized carbons (Fsp3) is 0.444. The van der Waals surface area contributed by atoms with Crippen molar-refractivity contribution in [2.75, 3.05) is 13.1 Å². The highest BCUT2D eigenvalue weighted by atomic mass is 35.5. The number of halogens is 1. The van der Waals surface area contributed by atoms with Crippen LogP contribution in [0.4, 0.5) is 4.79 Å². The van der Waals surface area contributed by atoms with Crippen LogP contribution in [0.1, 0.15) is 38.3 Å². The fourth-order valence-corrected chi connectivity index (χ4v) is 3.39. The van der Waals surface area contributed by atoms with Gasteiger partial charge in [-0.15, -0.1) is 0 Å². The Morgan fingerprint density at radius 3 is 2.42 bits per heavy atom. The Kier molecular flexibility index (Phi) is 4.54. The molecule has 1 aromatic rings. The van der Waals surface area contributed by atoms with Crippen LogP contribution in [0.3, 0.4) is 0 Å². The number of aliphatic carboxylic acids is 1. The van der Waals surface area contributed by atoms with Crippen LogP contribution in [-0.4, -0.2) is 40.0 Å². The molecule has 2 amide bonds. The quantitative estimate of drug-likeness (QED) is 0.877. The topological polar surface area (TPSA) is 60.9 Å². The Hall–Kier alpha value is -2.01. The number of amides is 2. The number of allylic oxidation sites excluding steroid dienone is 1. The molecule has 1 aliphatic carbocycles. The minimum absolute atomic E-state index is 0.119. The third-order valence-corrected chi connectivity index (χ3v) is 5.00. The molecule has 0 saturated heterocycles. The first-order chi connectivity index (χ1) is 11.4. The van der Waals surface area contributed by atoms with Crippen LogP contribution >= 0.6 is 11.6 Å². The van der Waals surface area contributed by atoms with Crippen molar-refractivity contribution in [2.24, 2.45) is 5.92 Å². The standard InChI is InChI=1S/C18H21ClN2O3/c1-3-20-16(13-6-8-14(19)9-7-13)15(17(22)23)11(2)21(18(20)24)10-12-4-5-12/h6-9,12,16H,3-5,10H2,1-2H3,(H,22,23). The van der Waals surface area contributed by atoms with Crippen LogP contribution in [-0.2, 0) is 4.79 Å². The number of benzene rings is 1. The molecule has 1 atom stereocenters. The van der Waals surface area contributed by atoms with E-state index in [9.17, 15) is 14.7 Å². The van der Waals surface area contributed by atoms with Gasteiger partial charge < -0.3 is 10.0 Å². The van der Waals surface area contributed by atoms with Crippen LogP contribution in [0.25, 0.3) is 0 Å². The van der Waals surface area contributed by atoms with Gasteiger partial charge in [0.2, 0.25) is 0 Å². The molecule has 6 heteroatoms. The first-order valence-corrected chi connectivity index (χ1v) is 8.59. The summed E-state index contributed by atoms with van der Waals surface area (Å²) < 4.78 is 0. The minimum atomic E-state index is -0.987. The molecule has 1 heterocycles. The van der Waals surface area contributed by atoms with Gasteiger partial charge in [0.1, 0.15) is 0 Å². The zero-order chi connectivity index (χ0) is 17.4. The van der Waals surface area contributed by atoms with Gasteiger partial charge in [0.05, 0.1) is 11.6 Å². The number of carbonyl (C=O) groups is 2. The molecule has 0 spiro atoms. The largest absolute Gasteiger partial charge is 0.478 e. The maximum atomic E-state index is 12.9. The number of nitrogens with zero attached hydrogens (tertiary/aromatic N) is 2. The summed E-state index contributed by atoms with van der Waals surface area (Å²) in [6, 6.07) is 6.31. The van der Waals surface area contributed by atoms with Gasteiger partial charge in [-0.3, -0.25) is 4.90 Å². The number of likely N-dealkylation sites (N-methyl/N-ethyl adjacent to an activating group) is 1. The number of carboxylic acids is 1. The van der Waals surface area contributed by atoms with E-state index in [1.165, 1.54) is 0 Å². The molecule has 0 radical (unpaired) electrons. The highest BCUT2D eigenvalue weighted by Crippen LogP contribution is 2.39. The van der Waals surface area contributed by atoms with Crippen molar-refractivity contribution in [1.29, 1.82) is 0 Å². The summed E-state index contributed by atoms with van der Waals surface area (Å²) in [6.07, 6.45) is 2.21. The molecule has 1 N–H and O–H groups in total. The summed E-state index contributed by atoms with van der Waals surface area (Å²) in [4.78, 5) is 28.2. The van der Waals surface area contributed by atoms with Crippen LogP contribution in [0.2, 0.25) is 5.02 Å². The molecule has 128 valence electrons. The SMILES string of the molecule is CCN1C(=O)N(CC2CC2)C(C)=C(C(=O)O)C1c1ccc(Cl)cc1. The number of hydrogen-bond acceptors (Lipinski definition) is 2. The second-order valence-corrected chi connectivity index (χ2v) is 6.82. The van der Waals surface area contributed by atoms with Crippen molar-refractivity contribution < 1.29 is 14.7 Å². The Labute approximate surface area is 146 Å². The number of urea groups is 1. The van der Waals surface area contributed by atoms with Gasteiger partial charge >= 0.3 is 12.0 Å². The molecule has 2 aliphatic rings. The first-order valence-electron chi connectivity index (χ1n) is 8.21. The molecule has 1 aliphatic heterocycles. The van der Waals surface area contributed by atoms with E-state index < -0.39 is 12.0 Å². The molecule has 0 bridgehead atoms. The molecular weight excluding hydrogens is 328 g/mol. The maximum absolute atomic E-state index is 12.9. The van der Waals surface area contributed by atoms with E-state index >= 15 is 0 Å². The number of carboxylic acid groups (broad SMARTS) is 1. The van der Waals surface area contributed by atoms with E-state index in [4.69, 9.17) is 11.6 Å². The van der Waals surface area contributed by atoms with Crippen LogP contribution in [0, 0.1) is 5.92 Å². The Balaban J connectivity index is 2.09. The lowest BCUT2D eigenvalue weighted by Gasteiger charge is -2.42. The van der Waals surface area contributed by atoms with E-state index in [1.807, 2.05) is 6.92 Å². The van der Waals surface area contributed by atoms with E-state index in [2.05, 4.69) is 0 Å². The molecule has 1 aromatic carbocycles. The number of carbonyl (C=O) groups excluding carboxylic acids is 1. The monoisotopic (exact) mass is 348 g/mol. The fourth-order valence-electron chi connectivity index (χ4n) is 3.26. The Morgan fingerprint density at radius 1 is 1.29 bits per heavy atom. The molecule has 1 unspecified atom stereocenters. The van der Waals surface area contributed by atoms with E-state index in [0.29, 0.717) is 29.7 Å². The second kappa shape index (κ2) is 6.48. The maximum Gasteiger partial charge on any atom is 0.335 e. The average Bonchev–Trinajstić information content (AvgIpc) is 3.35. The second-order valence-electron chi connectivity index (χ2n) is 6.38. The third kappa shape index (κ3) is 3.00. The molecular formula is C18H21ClN2O3. The average molecular weight is 349 g/mol. The van der Waals surface area contributed by atoms with Gasteiger partial charge in [-0.25, -0.2) is 9.59 Å². The Morgan fingerprint density at radius 2 is 1.92 bits per heavy atom. The van der Waals surface area contributed by atoms with Gasteiger partial charge in [-0.05, 0) is 50.3 Å². The van der Waals surface area contributed by atoms with Gasteiger partial charge in [-0.2, -0.15) is 0 Å². The molecule has 0 aromatic heterocycles. The summed E-state index contributed by atoms with van der Waals surface area (Å²) >= 11 is 5.95. The highest BCUT2D eigenvalue weighted by Gasteiger charge is 2.42. The summed E-state index contributed by atoms with van der Waals surface area (Å²) in [5.41, 5.74) is 1.57. The van der Waals surface area contributed by atoms with Crippen molar-refractivity contribution in [2.45, 2.75) is 32.7 Å². The van der Waals surface area contributed by atoms with Crippen molar-refractivity contribution >= 4 is 23.6 Å². The van der Waals surface area contributed by atoms with Crippen LogP contribution in [0.15, 0.2) is 35.5 Å². The van der Waals surface area contributed by atoms with Gasteiger partial charge in [-0.1, -0.05) is 23.7 Å². The summed E-state index contributed by atoms with van der Waals surface area (Å²) in [6.45, 7) is 4.65. The number of rotatable bonds is 5. The lowest BCUT2D eigenvalue weighted by atomic mass is 9.93. The molecule has 3 rings (SSSR count). The van der Waals surface area contributed by atoms with Crippen LogP contribution in [0.5, 0.6) is 0 Å². The summed E-state index contributed by atoms with van der Waals surface area (Å²) in [7, 11) is 0. The third-order valence-electron chi connectivity index (χ3n) is 4.75. The highest BCUT2D eigenvalue weighted by molar-refractivity contribution is 6.30. The lowest BCUT2D eigenvalue weighted by molar-refractivity contribution is -0.133. The minimum Gasteiger partial charge on any atom is -0.478 e.